The maximum Gasteiger partial charge on any atom is 0.165 e. The highest BCUT2D eigenvalue weighted by molar-refractivity contribution is 5.24. The molecule has 0 aliphatic heterocycles. The largest absolute Gasteiger partial charge is 0.488 e. The van der Waals surface area contributed by atoms with Crippen LogP contribution in [0.3, 0.4) is 0 Å². The van der Waals surface area contributed by atoms with Crippen LogP contribution in [0.2, 0.25) is 0 Å². The van der Waals surface area contributed by atoms with E-state index in [1.54, 1.807) is 24.3 Å². The number of rotatable bonds is 12. The van der Waals surface area contributed by atoms with Gasteiger partial charge in [-0.2, -0.15) is 0 Å². The number of nitrogens with zero attached hydrogens (tertiary/aromatic N) is 1. The van der Waals surface area contributed by atoms with Crippen molar-refractivity contribution in [2.45, 2.75) is 18.8 Å². The molecule has 0 fully saturated rings. The van der Waals surface area contributed by atoms with Crippen LogP contribution < -0.4 is 9.47 Å². The summed E-state index contributed by atoms with van der Waals surface area (Å²) in [6, 6.07) is 21.6. The molecule has 0 radical (unpaired) electrons. The molecule has 3 rings (SSSR count). The summed E-state index contributed by atoms with van der Waals surface area (Å²) in [6.07, 6.45) is -1.84. The van der Waals surface area contributed by atoms with E-state index in [4.69, 9.17) is 9.47 Å². The molecule has 0 spiro atoms. The molecule has 0 saturated heterocycles. The van der Waals surface area contributed by atoms with Crippen LogP contribution in [-0.4, -0.2) is 53.6 Å². The molecular formula is C25H27F2NO4. The second-order valence-corrected chi connectivity index (χ2v) is 7.47. The van der Waals surface area contributed by atoms with Crippen LogP contribution in [0.4, 0.5) is 8.78 Å². The average molecular weight is 443 g/mol. The van der Waals surface area contributed by atoms with Crippen LogP contribution >= 0.6 is 0 Å². The topological polar surface area (TPSA) is 62.2 Å². The molecule has 0 aliphatic carbocycles. The first-order valence-corrected chi connectivity index (χ1v) is 10.4. The Labute approximate surface area is 186 Å². The van der Waals surface area contributed by atoms with Crippen molar-refractivity contribution in [2.75, 3.05) is 26.3 Å². The minimum Gasteiger partial charge on any atom is -0.488 e. The van der Waals surface area contributed by atoms with E-state index in [2.05, 4.69) is 0 Å². The first kappa shape index (κ1) is 23.7. The Bertz CT molecular complexity index is 900. The molecule has 3 aromatic rings. The van der Waals surface area contributed by atoms with Crippen molar-refractivity contribution in [3.05, 3.63) is 96.1 Å². The van der Waals surface area contributed by atoms with Gasteiger partial charge in [-0.3, -0.25) is 4.90 Å². The number of hydrogen-bond acceptors (Lipinski definition) is 5. The van der Waals surface area contributed by atoms with Crippen molar-refractivity contribution in [3.8, 4) is 11.5 Å². The van der Waals surface area contributed by atoms with E-state index in [9.17, 15) is 19.0 Å². The molecule has 0 saturated carbocycles. The second-order valence-electron chi connectivity index (χ2n) is 7.47. The molecule has 2 unspecified atom stereocenters. The molecule has 170 valence electrons. The molecule has 7 heteroatoms. The fourth-order valence-electron chi connectivity index (χ4n) is 3.24. The van der Waals surface area contributed by atoms with Gasteiger partial charge in [0.15, 0.2) is 23.1 Å². The standard InChI is InChI=1S/C25H27F2NO4/c26-22-10-4-6-12-24(22)31-17-20(29)15-28(14-19-8-2-1-3-9-19)16-21(30)18-32-25-13-7-5-11-23(25)27/h1-13,20-21,29-30H,14-18H2. The highest BCUT2D eigenvalue weighted by Crippen LogP contribution is 2.17. The highest BCUT2D eigenvalue weighted by atomic mass is 19.1. The monoisotopic (exact) mass is 443 g/mol. The summed E-state index contributed by atoms with van der Waals surface area (Å²) in [5.74, 6) is -0.859. The van der Waals surface area contributed by atoms with Crippen LogP contribution in [-0.2, 0) is 6.54 Å². The van der Waals surface area contributed by atoms with E-state index in [-0.39, 0.29) is 37.8 Å². The summed E-state index contributed by atoms with van der Waals surface area (Å²) in [4.78, 5) is 1.85. The summed E-state index contributed by atoms with van der Waals surface area (Å²) >= 11 is 0. The molecule has 0 heterocycles. The molecule has 32 heavy (non-hydrogen) atoms. The fraction of sp³-hybridized carbons (Fsp3) is 0.280. The zero-order chi connectivity index (χ0) is 22.8. The summed E-state index contributed by atoms with van der Waals surface area (Å²) in [5, 5.41) is 20.9. The van der Waals surface area contributed by atoms with E-state index in [0.717, 1.165) is 5.56 Å². The Hall–Kier alpha value is -3.00. The minimum absolute atomic E-state index is 0.0690. The number of benzene rings is 3. The normalized spacial score (nSPS) is 13.0. The lowest BCUT2D eigenvalue weighted by Gasteiger charge is -2.27. The zero-order valence-electron chi connectivity index (χ0n) is 17.6. The third-order valence-corrected chi connectivity index (χ3v) is 4.72. The van der Waals surface area contributed by atoms with Crippen molar-refractivity contribution < 1.29 is 28.5 Å². The second kappa shape index (κ2) is 12.1. The van der Waals surface area contributed by atoms with Gasteiger partial charge in [-0.15, -0.1) is 0 Å². The van der Waals surface area contributed by atoms with Gasteiger partial charge in [0.25, 0.3) is 0 Å². The smallest absolute Gasteiger partial charge is 0.165 e. The van der Waals surface area contributed by atoms with E-state index in [1.807, 2.05) is 35.2 Å². The summed E-state index contributed by atoms with van der Waals surface area (Å²) in [5.41, 5.74) is 0.997. The van der Waals surface area contributed by atoms with Gasteiger partial charge in [0.1, 0.15) is 25.4 Å². The van der Waals surface area contributed by atoms with Crippen molar-refractivity contribution >= 4 is 0 Å². The van der Waals surface area contributed by atoms with Gasteiger partial charge in [0.2, 0.25) is 0 Å². The lowest BCUT2D eigenvalue weighted by molar-refractivity contribution is 0.0273. The lowest BCUT2D eigenvalue weighted by atomic mass is 10.2. The lowest BCUT2D eigenvalue weighted by Crippen LogP contribution is -2.41. The van der Waals surface area contributed by atoms with Gasteiger partial charge < -0.3 is 19.7 Å². The molecule has 5 nitrogen and oxygen atoms in total. The van der Waals surface area contributed by atoms with Crippen LogP contribution in [0.25, 0.3) is 0 Å². The summed E-state index contributed by atoms with van der Waals surface area (Å²) in [7, 11) is 0. The summed E-state index contributed by atoms with van der Waals surface area (Å²) in [6.45, 7) is 0.622. The number of halogens is 2. The maximum atomic E-state index is 13.7. The van der Waals surface area contributed by atoms with Crippen molar-refractivity contribution in [3.63, 3.8) is 0 Å². The minimum atomic E-state index is -0.919. The Morgan fingerprint density at radius 1 is 0.656 bits per heavy atom. The summed E-state index contributed by atoms with van der Waals surface area (Å²) < 4.78 is 38.2. The number of hydrogen-bond donors (Lipinski definition) is 2. The van der Waals surface area contributed by atoms with E-state index in [1.165, 1.54) is 24.3 Å². The third kappa shape index (κ3) is 7.60. The van der Waals surface area contributed by atoms with Crippen molar-refractivity contribution in [1.29, 1.82) is 0 Å². The first-order valence-electron chi connectivity index (χ1n) is 10.4. The number of para-hydroxylation sites is 2. The molecule has 2 atom stereocenters. The van der Waals surface area contributed by atoms with Crippen molar-refractivity contribution in [1.82, 2.24) is 4.90 Å². The fourth-order valence-corrected chi connectivity index (χ4v) is 3.24. The Morgan fingerprint density at radius 3 is 1.56 bits per heavy atom. The number of aliphatic hydroxyl groups is 2. The zero-order valence-corrected chi connectivity index (χ0v) is 17.6. The number of aliphatic hydroxyl groups excluding tert-OH is 2. The Morgan fingerprint density at radius 2 is 1.09 bits per heavy atom. The Balaban J connectivity index is 1.57. The van der Waals surface area contributed by atoms with Crippen molar-refractivity contribution in [2.24, 2.45) is 0 Å². The predicted molar refractivity (Wildman–Crippen MR) is 118 cm³/mol. The first-order chi connectivity index (χ1) is 15.5. The third-order valence-electron chi connectivity index (χ3n) is 4.72. The van der Waals surface area contributed by atoms with Crippen LogP contribution in [0.1, 0.15) is 5.56 Å². The van der Waals surface area contributed by atoms with Crippen LogP contribution in [0.15, 0.2) is 78.9 Å². The van der Waals surface area contributed by atoms with Gasteiger partial charge in [-0.1, -0.05) is 54.6 Å². The van der Waals surface area contributed by atoms with Gasteiger partial charge in [-0.25, -0.2) is 8.78 Å². The Kier molecular flexibility index (Phi) is 8.98. The van der Waals surface area contributed by atoms with Gasteiger partial charge >= 0.3 is 0 Å². The molecule has 2 N–H and O–H groups in total. The molecular weight excluding hydrogens is 416 g/mol. The molecule has 0 bridgehead atoms. The van der Waals surface area contributed by atoms with Gasteiger partial charge in [0.05, 0.1) is 0 Å². The van der Waals surface area contributed by atoms with E-state index >= 15 is 0 Å². The quantitative estimate of drug-likeness (QED) is 0.448. The van der Waals surface area contributed by atoms with Crippen LogP contribution in [0, 0.1) is 11.6 Å². The molecule has 3 aromatic carbocycles. The average Bonchev–Trinajstić information content (AvgIpc) is 2.78. The van der Waals surface area contributed by atoms with Gasteiger partial charge in [0, 0.05) is 19.6 Å². The van der Waals surface area contributed by atoms with E-state index in [0.29, 0.717) is 6.54 Å². The molecule has 0 amide bonds. The molecule has 0 aromatic heterocycles. The predicted octanol–water partition coefficient (Wildman–Crippen LogP) is 3.65. The van der Waals surface area contributed by atoms with Gasteiger partial charge in [-0.05, 0) is 29.8 Å². The maximum absolute atomic E-state index is 13.7. The highest BCUT2D eigenvalue weighted by Gasteiger charge is 2.18. The molecule has 0 aliphatic rings. The van der Waals surface area contributed by atoms with Crippen LogP contribution in [0.5, 0.6) is 11.5 Å². The number of ether oxygens (including phenoxy) is 2. The van der Waals surface area contributed by atoms with E-state index < -0.39 is 23.8 Å². The SMILES string of the molecule is OC(COc1ccccc1F)CN(Cc1ccccc1)CC(O)COc1ccccc1F.